The van der Waals surface area contributed by atoms with Gasteiger partial charge in [-0.1, -0.05) is 42.5 Å². The predicted octanol–water partition coefficient (Wildman–Crippen LogP) is 4.02. The summed E-state index contributed by atoms with van der Waals surface area (Å²) in [5.41, 5.74) is 3.78. The Labute approximate surface area is 147 Å². The van der Waals surface area contributed by atoms with Crippen molar-refractivity contribution >= 4 is 12.4 Å². The molecule has 1 unspecified atom stereocenters. The second-order valence-electron chi connectivity index (χ2n) is 5.34. The molecule has 3 aromatic rings. The van der Waals surface area contributed by atoms with Crippen LogP contribution in [0.1, 0.15) is 28.5 Å². The first-order chi connectivity index (χ1) is 11.3. The molecule has 0 saturated carbocycles. The highest BCUT2D eigenvalue weighted by atomic mass is 35.5. The molecule has 24 heavy (non-hydrogen) atoms. The summed E-state index contributed by atoms with van der Waals surface area (Å²) in [4.78, 5) is 4.19. The van der Waals surface area contributed by atoms with E-state index in [1.54, 1.807) is 18.5 Å². The molecule has 2 aromatic carbocycles. The maximum absolute atomic E-state index is 8.86. The van der Waals surface area contributed by atoms with E-state index in [0.29, 0.717) is 12.2 Å². The number of nitrogens with zero attached hydrogens (tertiary/aromatic N) is 3. The fraction of sp³-hybridized carbons (Fsp3) is 0.158. The Hall–Kier alpha value is -2.61. The van der Waals surface area contributed by atoms with Gasteiger partial charge in [0.1, 0.15) is 6.10 Å². The fourth-order valence-electron chi connectivity index (χ4n) is 2.46. The van der Waals surface area contributed by atoms with Crippen LogP contribution in [0, 0.1) is 11.3 Å². The van der Waals surface area contributed by atoms with Crippen molar-refractivity contribution in [1.29, 1.82) is 5.26 Å². The van der Waals surface area contributed by atoms with Crippen molar-refractivity contribution in [2.24, 2.45) is 7.05 Å². The van der Waals surface area contributed by atoms with Crippen molar-refractivity contribution < 1.29 is 4.74 Å². The van der Waals surface area contributed by atoms with Gasteiger partial charge in [-0.15, -0.1) is 12.4 Å². The molecule has 122 valence electrons. The Morgan fingerprint density at radius 1 is 1.12 bits per heavy atom. The Bertz CT molecular complexity index is 807. The Morgan fingerprint density at radius 2 is 1.83 bits per heavy atom. The number of ether oxygens (including phenoxy) is 1. The highest BCUT2D eigenvalue weighted by Gasteiger charge is 2.18. The number of benzene rings is 2. The Balaban J connectivity index is 0.00000208. The van der Waals surface area contributed by atoms with Crippen molar-refractivity contribution in [3.8, 4) is 6.07 Å². The topological polar surface area (TPSA) is 50.8 Å². The van der Waals surface area contributed by atoms with Gasteiger partial charge in [0.2, 0.25) is 0 Å². The summed E-state index contributed by atoms with van der Waals surface area (Å²) in [6.45, 7) is 0.469. The summed E-state index contributed by atoms with van der Waals surface area (Å²) < 4.78 is 8.14. The van der Waals surface area contributed by atoms with Crippen molar-refractivity contribution in [2.75, 3.05) is 0 Å². The standard InChI is InChI=1S/C19H17N3O.ClH/c1-22-14-21-12-18(22)19(17-5-3-2-4-6-17)23-13-16-9-7-15(11-20)8-10-16;/h2-10,12,14,19H,13H2,1H3;1H. The molecule has 0 bridgehead atoms. The quantitative estimate of drug-likeness (QED) is 0.705. The van der Waals surface area contributed by atoms with E-state index in [9.17, 15) is 0 Å². The first kappa shape index (κ1) is 17.7. The highest BCUT2D eigenvalue weighted by molar-refractivity contribution is 5.85. The first-order valence-electron chi connectivity index (χ1n) is 7.40. The summed E-state index contributed by atoms with van der Waals surface area (Å²) in [7, 11) is 1.96. The summed E-state index contributed by atoms with van der Waals surface area (Å²) in [6.07, 6.45) is 3.42. The van der Waals surface area contributed by atoms with E-state index in [0.717, 1.165) is 16.8 Å². The Morgan fingerprint density at radius 3 is 2.42 bits per heavy atom. The van der Waals surface area contributed by atoms with Gasteiger partial charge >= 0.3 is 0 Å². The van der Waals surface area contributed by atoms with Crippen LogP contribution in [0.3, 0.4) is 0 Å². The van der Waals surface area contributed by atoms with Gasteiger partial charge in [-0.05, 0) is 23.3 Å². The van der Waals surface area contributed by atoms with Crippen LogP contribution in [0.15, 0.2) is 67.1 Å². The van der Waals surface area contributed by atoms with E-state index in [4.69, 9.17) is 10.00 Å². The van der Waals surface area contributed by atoms with Gasteiger partial charge in [0, 0.05) is 7.05 Å². The molecular formula is C19H18ClN3O. The van der Waals surface area contributed by atoms with Gasteiger partial charge in [-0.3, -0.25) is 0 Å². The molecule has 4 nitrogen and oxygen atoms in total. The molecule has 0 fully saturated rings. The highest BCUT2D eigenvalue weighted by Crippen LogP contribution is 2.26. The van der Waals surface area contributed by atoms with E-state index in [-0.39, 0.29) is 18.5 Å². The largest absolute Gasteiger partial charge is 0.363 e. The molecule has 3 rings (SSSR count). The number of nitriles is 1. The molecule has 0 saturated heterocycles. The summed E-state index contributed by atoms with van der Waals surface area (Å²) >= 11 is 0. The third kappa shape index (κ3) is 4.02. The van der Waals surface area contributed by atoms with Crippen molar-refractivity contribution in [3.63, 3.8) is 0 Å². The normalized spacial score (nSPS) is 11.3. The number of halogens is 1. The molecule has 0 radical (unpaired) electrons. The number of hydrogen-bond donors (Lipinski definition) is 0. The second kappa shape index (κ2) is 8.30. The van der Waals surface area contributed by atoms with Crippen LogP contribution >= 0.6 is 12.4 Å². The molecule has 0 aliphatic rings. The maximum atomic E-state index is 8.86. The third-order valence-corrected chi connectivity index (χ3v) is 3.72. The number of aryl methyl sites for hydroxylation is 1. The molecule has 0 amide bonds. The zero-order valence-electron chi connectivity index (χ0n) is 13.3. The van der Waals surface area contributed by atoms with Crippen LogP contribution in [0.25, 0.3) is 0 Å². The minimum Gasteiger partial charge on any atom is -0.363 e. The SMILES string of the molecule is Cl.Cn1cncc1C(OCc1ccc(C#N)cc1)c1ccccc1. The van der Waals surface area contributed by atoms with Crippen LogP contribution < -0.4 is 0 Å². The van der Waals surface area contributed by atoms with Crippen LogP contribution in [-0.2, 0) is 18.4 Å². The minimum atomic E-state index is -0.181. The van der Waals surface area contributed by atoms with Crippen LogP contribution in [0.2, 0.25) is 0 Å². The average molecular weight is 340 g/mol. The van der Waals surface area contributed by atoms with Crippen molar-refractivity contribution in [3.05, 3.63) is 89.5 Å². The molecule has 0 N–H and O–H groups in total. The molecule has 5 heteroatoms. The van der Waals surface area contributed by atoms with E-state index in [1.165, 1.54) is 0 Å². The second-order valence-corrected chi connectivity index (χ2v) is 5.34. The lowest BCUT2D eigenvalue weighted by Crippen LogP contribution is -2.10. The van der Waals surface area contributed by atoms with Crippen molar-refractivity contribution in [2.45, 2.75) is 12.7 Å². The Kier molecular flexibility index (Phi) is 6.14. The molecular weight excluding hydrogens is 322 g/mol. The van der Waals surface area contributed by atoms with Crippen LogP contribution in [0.4, 0.5) is 0 Å². The smallest absolute Gasteiger partial charge is 0.124 e. The molecule has 0 aliphatic carbocycles. The van der Waals surface area contributed by atoms with Gasteiger partial charge < -0.3 is 9.30 Å². The number of imidazole rings is 1. The van der Waals surface area contributed by atoms with Crippen LogP contribution in [-0.4, -0.2) is 9.55 Å². The van der Waals surface area contributed by atoms with Crippen molar-refractivity contribution in [1.82, 2.24) is 9.55 Å². The average Bonchev–Trinajstić information content (AvgIpc) is 3.03. The maximum Gasteiger partial charge on any atom is 0.124 e. The summed E-state index contributed by atoms with van der Waals surface area (Å²) in [5.74, 6) is 0. The number of hydrogen-bond acceptors (Lipinski definition) is 3. The lowest BCUT2D eigenvalue weighted by Gasteiger charge is -2.19. The van der Waals surface area contributed by atoms with Crippen LogP contribution in [0.5, 0.6) is 0 Å². The number of rotatable bonds is 5. The van der Waals surface area contributed by atoms with Gasteiger partial charge in [0.25, 0.3) is 0 Å². The molecule has 0 spiro atoms. The summed E-state index contributed by atoms with van der Waals surface area (Å²) in [5, 5.41) is 8.86. The third-order valence-electron chi connectivity index (χ3n) is 3.72. The first-order valence-corrected chi connectivity index (χ1v) is 7.40. The lowest BCUT2D eigenvalue weighted by molar-refractivity contribution is 0.0622. The minimum absolute atomic E-state index is 0. The molecule has 1 atom stereocenters. The number of aromatic nitrogens is 2. The van der Waals surface area contributed by atoms with Gasteiger partial charge in [0.05, 0.1) is 36.5 Å². The lowest BCUT2D eigenvalue weighted by atomic mass is 10.1. The van der Waals surface area contributed by atoms with E-state index >= 15 is 0 Å². The van der Waals surface area contributed by atoms with Gasteiger partial charge in [-0.25, -0.2) is 4.98 Å². The van der Waals surface area contributed by atoms with E-state index < -0.39 is 0 Å². The summed E-state index contributed by atoms with van der Waals surface area (Å²) in [6, 6.07) is 19.7. The van der Waals surface area contributed by atoms with Gasteiger partial charge in [-0.2, -0.15) is 5.26 Å². The van der Waals surface area contributed by atoms with E-state index in [1.807, 2.05) is 48.1 Å². The zero-order valence-corrected chi connectivity index (χ0v) is 14.1. The molecule has 0 aliphatic heterocycles. The monoisotopic (exact) mass is 339 g/mol. The van der Waals surface area contributed by atoms with Gasteiger partial charge in [0.15, 0.2) is 0 Å². The van der Waals surface area contributed by atoms with E-state index in [2.05, 4.69) is 23.2 Å². The predicted molar refractivity (Wildman–Crippen MR) is 94.7 cm³/mol. The fourth-order valence-corrected chi connectivity index (χ4v) is 2.46. The molecule has 1 aromatic heterocycles. The molecule has 1 heterocycles. The zero-order chi connectivity index (χ0) is 16.1.